The van der Waals surface area contributed by atoms with Crippen molar-refractivity contribution in [2.75, 3.05) is 40.5 Å². The quantitative estimate of drug-likeness (QED) is 0.635. The Hall–Kier alpha value is -1.30. The first kappa shape index (κ1) is 14.8. The summed E-state index contributed by atoms with van der Waals surface area (Å²) in [6, 6.07) is 7.36. The van der Waals surface area contributed by atoms with E-state index in [0.29, 0.717) is 31.2 Å². The van der Waals surface area contributed by atoms with E-state index in [4.69, 9.17) is 14.2 Å². The third-order valence-corrected chi connectivity index (χ3v) is 2.36. The molecule has 5 heteroatoms. The van der Waals surface area contributed by atoms with Crippen LogP contribution in [0.25, 0.3) is 0 Å². The smallest absolute Gasteiger partial charge is 0.161 e. The Labute approximate surface area is 108 Å². The largest absolute Gasteiger partial charge is 0.493 e. The Morgan fingerprint density at radius 3 is 2.61 bits per heavy atom. The maximum Gasteiger partial charge on any atom is 0.161 e. The van der Waals surface area contributed by atoms with E-state index in [-0.39, 0.29) is 6.61 Å². The maximum atomic E-state index is 9.70. The minimum atomic E-state index is -0.563. The van der Waals surface area contributed by atoms with E-state index >= 15 is 0 Å². The van der Waals surface area contributed by atoms with Crippen LogP contribution in [-0.4, -0.2) is 51.7 Å². The minimum Gasteiger partial charge on any atom is -0.493 e. The first-order valence-corrected chi connectivity index (χ1v) is 5.91. The first-order chi connectivity index (χ1) is 8.77. The second kappa shape index (κ2) is 8.74. The van der Waals surface area contributed by atoms with Crippen LogP contribution in [0.3, 0.4) is 0 Å². The van der Waals surface area contributed by atoms with E-state index < -0.39 is 6.10 Å². The van der Waals surface area contributed by atoms with Crippen LogP contribution in [0.15, 0.2) is 24.3 Å². The fourth-order valence-electron chi connectivity index (χ4n) is 1.43. The van der Waals surface area contributed by atoms with Crippen LogP contribution < -0.4 is 14.8 Å². The molecule has 0 unspecified atom stereocenters. The topological polar surface area (TPSA) is 60.0 Å². The molecule has 1 rings (SSSR count). The molecule has 18 heavy (non-hydrogen) atoms. The van der Waals surface area contributed by atoms with Gasteiger partial charge < -0.3 is 24.6 Å². The number of methoxy groups -OCH3 is 2. The molecule has 0 saturated heterocycles. The summed E-state index contributed by atoms with van der Waals surface area (Å²) < 4.78 is 15.5. The summed E-state index contributed by atoms with van der Waals surface area (Å²) in [6.45, 7) is 2.03. The van der Waals surface area contributed by atoms with Crippen molar-refractivity contribution in [1.82, 2.24) is 5.32 Å². The molecule has 0 spiro atoms. The number of aliphatic hydroxyl groups excluding tert-OH is 1. The number of hydrogen-bond donors (Lipinski definition) is 2. The van der Waals surface area contributed by atoms with Gasteiger partial charge in [-0.2, -0.15) is 0 Å². The summed E-state index contributed by atoms with van der Waals surface area (Å²) in [5, 5.41) is 12.8. The van der Waals surface area contributed by atoms with Crippen LogP contribution in [0.2, 0.25) is 0 Å². The number of rotatable bonds is 9. The average molecular weight is 255 g/mol. The van der Waals surface area contributed by atoms with Gasteiger partial charge in [0, 0.05) is 20.2 Å². The van der Waals surface area contributed by atoms with Gasteiger partial charge in [-0.3, -0.25) is 0 Å². The van der Waals surface area contributed by atoms with E-state index in [1.807, 2.05) is 24.3 Å². The van der Waals surface area contributed by atoms with Crippen LogP contribution in [0.4, 0.5) is 0 Å². The van der Waals surface area contributed by atoms with E-state index in [1.165, 1.54) is 0 Å². The highest BCUT2D eigenvalue weighted by molar-refractivity contribution is 5.39. The summed E-state index contributed by atoms with van der Waals surface area (Å²) >= 11 is 0. The summed E-state index contributed by atoms with van der Waals surface area (Å²) in [7, 11) is 3.23. The SMILES string of the molecule is COCCNC[C@H](O)COc1ccccc1OC. The highest BCUT2D eigenvalue weighted by Gasteiger charge is 2.07. The summed E-state index contributed by atoms with van der Waals surface area (Å²) in [4.78, 5) is 0. The molecule has 0 aliphatic heterocycles. The molecule has 0 bridgehead atoms. The Kier molecular flexibility index (Phi) is 7.17. The molecular formula is C13H21NO4. The Bertz CT molecular complexity index is 333. The lowest BCUT2D eigenvalue weighted by Crippen LogP contribution is -2.33. The molecule has 1 atom stereocenters. The second-order valence-electron chi connectivity index (χ2n) is 3.81. The molecule has 0 fully saturated rings. The molecule has 0 amide bonds. The zero-order valence-corrected chi connectivity index (χ0v) is 10.9. The van der Waals surface area contributed by atoms with Gasteiger partial charge in [0.1, 0.15) is 12.7 Å². The van der Waals surface area contributed by atoms with Gasteiger partial charge in [0.25, 0.3) is 0 Å². The van der Waals surface area contributed by atoms with Gasteiger partial charge in [-0.05, 0) is 12.1 Å². The lowest BCUT2D eigenvalue weighted by atomic mass is 10.3. The predicted molar refractivity (Wildman–Crippen MR) is 69.2 cm³/mol. The zero-order valence-electron chi connectivity index (χ0n) is 10.9. The van der Waals surface area contributed by atoms with E-state index in [1.54, 1.807) is 14.2 Å². The number of aliphatic hydroxyl groups is 1. The molecule has 0 aliphatic rings. The summed E-state index contributed by atoms with van der Waals surface area (Å²) in [6.07, 6.45) is -0.563. The highest BCUT2D eigenvalue weighted by atomic mass is 16.5. The highest BCUT2D eigenvalue weighted by Crippen LogP contribution is 2.25. The van der Waals surface area contributed by atoms with E-state index in [2.05, 4.69) is 5.32 Å². The van der Waals surface area contributed by atoms with E-state index in [9.17, 15) is 5.11 Å². The van der Waals surface area contributed by atoms with Crippen LogP contribution >= 0.6 is 0 Å². The van der Waals surface area contributed by atoms with Crippen molar-refractivity contribution >= 4 is 0 Å². The van der Waals surface area contributed by atoms with Crippen molar-refractivity contribution in [2.24, 2.45) is 0 Å². The van der Waals surface area contributed by atoms with Crippen LogP contribution in [0.5, 0.6) is 11.5 Å². The number of hydrogen-bond acceptors (Lipinski definition) is 5. The van der Waals surface area contributed by atoms with Crippen molar-refractivity contribution in [3.8, 4) is 11.5 Å². The summed E-state index contributed by atoms with van der Waals surface area (Å²) in [5.74, 6) is 1.30. The second-order valence-corrected chi connectivity index (χ2v) is 3.81. The molecule has 1 aromatic carbocycles. The van der Waals surface area contributed by atoms with Gasteiger partial charge in [0.15, 0.2) is 11.5 Å². The van der Waals surface area contributed by atoms with Crippen LogP contribution in [0.1, 0.15) is 0 Å². The molecule has 5 nitrogen and oxygen atoms in total. The fourth-order valence-corrected chi connectivity index (χ4v) is 1.43. The van der Waals surface area contributed by atoms with Crippen molar-refractivity contribution in [1.29, 1.82) is 0 Å². The Balaban J connectivity index is 2.26. The molecule has 0 radical (unpaired) electrons. The van der Waals surface area contributed by atoms with Crippen molar-refractivity contribution < 1.29 is 19.3 Å². The number of ether oxygens (including phenoxy) is 3. The van der Waals surface area contributed by atoms with Crippen molar-refractivity contribution in [3.05, 3.63) is 24.3 Å². The van der Waals surface area contributed by atoms with Gasteiger partial charge >= 0.3 is 0 Å². The Morgan fingerprint density at radius 2 is 1.94 bits per heavy atom. The normalized spacial score (nSPS) is 12.2. The number of para-hydroxylation sites is 2. The number of benzene rings is 1. The predicted octanol–water partition coefficient (Wildman–Crippen LogP) is 0.671. The molecule has 0 aliphatic carbocycles. The molecular weight excluding hydrogens is 234 g/mol. The lowest BCUT2D eigenvalue weighted by molar-refractivity contribution is 0.102. The maximum absolute atomic E-state index is 9.70. The standard InChI is InChI=1S/C13H21NO4/c1-16-8-7-14-9-11(15)10-18-13-6-4-3-5-12(13)17-2/h3-6,11,14-15H,7-10H2,1-2H3/t11-/m0/s1. The fraction of sp³-hybridized carbons (Fsp3) is 0.538. The average Bonchev–Trinajstić information content (AvgIpc) is 2.41. The molecule has 0 aromatic heterocycles. The first-order valence-electron chi connectivity index (χ1n) is 5.91. The van der Waals surface area contributed by atoms with E-state index in [0.717, 1.165) is 0 Å². The van der Waals surface area contributed by atoms with Crippen molar-refractivity contribution in [2.45, 2.75) is 6.10 Å². The van der Waals surface area contributed by atoms with Crippen molar-refractivity contribution in [3.63, 3.8) is 0 Å². The van der Waals surface area contributed by atoms with Crippen LogP contribution in [0, 0.1) is 0 Å². The summed E-state index contributed by atoms with van der Waals surface area (Å²) in [5.41, 5.74) is 0. The molecule has 0 saturated carbocycles. The third kappa shape index (κ3) is 5.35. The minimum absolute atomic E-state index is 0.223. The third-order valence-electron chi connectivity index (χ3n) is 2.36. The molecule has 1 aromatic rings. The monoisotopic (exact) mass is 255 g/mol. The Morgan fingerprint density at radius 1 is 1.22 bits per heavy atom. The van der Waals surface area contributed by atoms with Gasteiger partial charge in [-0.1, -0.05) is 12.1 Å². The number of nitrogens with one attached hydrogen (secondary N) is 1. The molecule has 0 heterocycles. The molecule has 2 N–H and O–H groups in total. The van der Waals surface area contributed by atoms with Gasteiger partial charge in [-0.25, -0.2) is 0 Å². The zero-order chi connectivity index (χ0) is 13.2. The lowest BCUT2D eigenvalue weighted by Gasteiger charge is -2.14. The van der Waals surface area contributed by atoms with Gasteiger partial charge in [0.2, 0.25) is 0 Å². The van der Waals surface area contributed by atoms with Crippen LogP contribution in [-0.2, 0) is 4.74 Å². The van der Waals surface area contributed by atoms with Gasteiger partial charge in [0.05, 0.1) is 13.7 Å². The van der Waals surface area contributed by atoms with Gasteiger partial charge in [-0.15, -0.1) is 0 Å². The molecule has 102 valence electrons.